The van der Waals surface area contributed by atoms with Crippen molar-refractivity contribution in [1.29, 1.82) is 0 Å². The van der Waals surface area contributed by atoms with Crippen LogP contribution in [-0.2, 0) is 4.74 Å². The van der Waals surface area contributed by atoms with Crippen molar-refractivity contribution in [1.82, 2.24) is 0 Å². The highest BCUT2D eigenvalue weighted by Gasteiger charge is 2.30. The summed E-state index contributed by atoms with van der Waals surface area (Å²) in [6.07, 6.45) is 5.81. The van der Waals surface area contributed by atoms with Gasteiger partial charge in [-0.15, -0.1) is 0 Å². The third-order valence-electron chi connectivity index (χ3n) is 2.40. The zero-order chi connectivity index (χ0) is 6.97. The van der Waals surface area contributed by atoms with Crippen LogP contribution in [0.3, 0.4) is 0 Å². The van der Waals surface area contributed by atoms with Gasteiger partial charge in [-0.1, -0.05) is 12.2 Å². The first kappa shape index (κ1) is 6.38. The molecule has 2 rings (SSSR count). The van der Waals surface area contributed by atoms with E-state index in [1.54, 1.807) is 0 Å². The summed E-state index contributed by atoms with van der Waals surface area (Å²) in [5, 5.41) is 9.10. The molecule has 1 fully saturated rings. The van der Waals surface area contributed by atoms with Crippen molar-refractivity contribution < 1.29 is 9.84 Å². The summed E-state index contributed by atoms with van der Waals surface area (Å²) in [6.45, 7) is 0.735. The van der Waals surface area contributed by atoms with E-state index in [0.717, 1.165) is 19.4 Å². The first-order valence-corrected chi connectivity index (χ1v) is 3.82. The molecule has 1 saturated heterocycles. The molecule has 0 aromatic rings. The molecule has 0 amide bonds. The normalized spacial score (nSPS) is 45.5. The van der Waals surface area contributed by atoms with E-state index in [1.165, 1.54) is 0 Å². The average Bonchev–Trinajstić information content (AvgIpc) is 2.33. The van der Waals surface area contributed by atoms with Crippen molar-refractivity contribution in [2.24, 2.45) is 11.8 Å². The lowest BCUT2D eigenvalue weighted by Gasteiger charge is -2.28. The highest BCUT2D eigenvalue weighted by Crippen LogP contribution is 2.33. The summed E-state index contributed by atoms with van der Waals surface area (Å²) in [6, 6.07) is 0. The summed E-state index contributed by atoms with van der Waals surface area (Å²) in [4.78, 5) is 0. The molecule has 1 N–H and O–H groups in total. The molecule has 0 saturated carbocycles. The number of hydrogen-bond donors (Lipinski definition) is 1. The van der Waals surface area contributed by atoms with Gasteiger partial charge in [0, 0.05) is 6.42 Å². The first-order chi connectivity index (χ1) is 4.86. The van der Waals surface area contributed by atoms with Gasteiger partial charge in [0.25, 0.3) is 0 Å². The monoisotopic (exact) mass is 140 g/mol. The van der Waals surface area contributed by atoms with E-state index in [9.17, 15) is 0 Å². The molecule has 0 spiro atoms. The van der Waals surface area contributed by atoms with Crippen LogP contribution in [-0.4, -0.2) is 18.0 Å². The third-order valence-corrected chi connectivity index (χ3v) is 2.40. The smallest absolute Gasteiger partial charge is 0.155 e. The van der Waals surface area contributed by atoms with Crippen LogP contribution in [0.25, 0.3) is 0 Å². The van der Waals surface area contributed by atoms with Crippen LogP contribution in [0.5, 0.6) is 0 Å². The van der Waals surface area contributed by atoms with Crippen molar-refractivity contribution >= 4 is 0 Å². The van der Waals surface area contributed by atoms with Gasteiger partial charge in [0.05, 0.1) is 6.61 Å². The van der Waals surface area contributed by atoms with E-state index >= 15 is 0 Å². The fourth-order valence-electron chi connectivity index (χ4n) is 1.76. The molecule has 0 bridgehead atoms. The Bertz CT molecular complexity index is 153. The second-order valence-corrected chi connectivity index (χ2v) is 3.11. The summed E-state index contributed by atoms with van der Waals surface area (Å²) in [5.74, 6) is 1.24. The minimum Gasteiger partial charge on any atom is -0.368 e. The summed E-state index contributed by atoms with van der Waals surface area (Å²) >= 11 is 0. The predicted octanol–water partition coefficient (Wildman–Crippen LogP) is 0.917. The van der Waals surface area contributed by atoms with Gasteiger partial charge in [-0.25, -0.2) is 0 Å². The van der Waals surface area contributed by atoms with E-state index in [-0.39, 0.29) is 0 Å². The lowest BCUT2D eigenvalue weighted by Crippen LogP contribution is -2.30. The summed E-state index contributed by atoms with van der Waals surface area (Å²) < 4.78 is 5.11. The van der Waals surface area contributed by atoms with Gasteiger partial charge in [-0.3, -0.25) is 0 Å². The highest BCUT2D eigenvalue weighted by atomic mass is 16.6. The zero-order valence-corrected chi connectivity index (χ0v) is 5.86. The SMILES string of the molecule is OC1CC2C=CCC2CO1. The summed E-state index contributed by atoms with van der Waals surface area (Å²) in [7, 11) is 0. The number of allylic oxidation sites excluding steroid dienone is 2. The van der Waals surface area contributed by atoms with Crippen molar-refractivity contribution in [2.75, 3.05) is 6.61 Å². The molecular weight excluding hydrogens is 128 g/mol. The van der Waals surface area contributed by atoms with Crippen molar-refractivity contribution in [2.45, 2.75) is 19.1 Å². The van der Waals surface area contributed by atoms with Crippen molar-refractivity contribution in [3.05, 3.63) is 12.2 Å². The minimum absolute atomic E-state index is 0.510. The highest BCUT2D eigenvalue weighted by molar-refractivity contribution is 5.02. The fraction of sp³-hybridized carbons (Fsp3) is 0.750. The second kappa shape index (κ2) is 2.36. The Balaban J connectivity index is 2.01. The van der Waals surface area contributed by atoms with E-state index < -0.39 is 6.29 Å². The molecule has 3 atom stereocenters. The molecule has 1 aliphatic heterocycles. The Hall–Kier alpha value is -0.340. The Morgan fingerprint density at radius 2 is 2.40 bits per heavy atom. The Morgan fingerprint density at radius 1 is 1.50 bits per heavy atom. The molecule has 10 heavy (non-hydrogen) atoms. The Kier molecular flexibility index (Phi) is 1.51. The summed E-state index contributed by atoms with van der Waals surface area (Å²) in [5.41, 5.74) is 0. The van der Waals surface area contributed by atoms with E-state index in [1.807, 2.05) is 0 Å². The van der Waals surface area contributed by atoms with E-state index in [4.69, 9.17) is 9.84 Å². The molecule has 3 unspecified atom stereocenters. The van der Waals surface area contributed by atoms with Crippen LogP contribution in [0.15, 0.2) is 12.2 Å². The number of aliphatic hydroxyl groups is 1. The minimum atomic E-state index is -0.510. The van der Waals surface area contributed by atoms with Crippen LogP contribution in [0.2, 0.25) is 0 Å². The fourth-order valence-corrected chi connectivity index (χ4v) is 1.76. The molecule has 1 aliphatic carbocycles. The van der Waals surface area contributed by atoms with Crippen LogP contribution in [0, 0.1) is 11.8 Å². The van der Waals surface area contributed by atoms with Crippen molar-refractivity contribution in [3.8, 4) is 0 Å². The van der Waals surface area contributed by atoms with Crippen molar-refractivity contribution in [3.63, 3.8) is 0 Å². The van der Waals surface area contributed by atoms with Crippen LogP contribution in [0.1, 0.15) is 12.8 Å². The predicted molar refractivity (Wildman–Crippen MR) is 37.3 cm³/mol. The van der Waals surface area contributed by atoms with Gasteiger partial charge in [0.2, 0.25) is 0 Å². The quantitative estimate of drug-likeness (QED) is 0.507. The lowest BCUT2D eigenvalue weighted by molar-refractivity contribution is -0.149. The maximum atomic E-state index is 9.10. The van der Waals surface area contributed by atoms with Gasteiger partial charge in [0.15, 0.2) is 6.29 Å². The van der Waals surface area contributed by atoms with Crippen LogP contribution >= 0.6 is 0 Å². The maximum absolute atomic E-state index is 9.10. The molecule has 0 aromatic heterocycles. The second-order valence-electron chi connectivity index (χ2n) is 3.11. The number of hydrogen-bond acceptors (Lipinski definition) is 2. The molecule has 2 nitrogen and oxygen atoms in total. The molecule has 0 radical (unpaired) electrons. The van der Waals surface area contributed by atoms with E-state index in [0.29, 0.717) is 11.8 Å². The average molecular weight is 140 g/mol. The lowest BCUT2D eigenvalue weighted by atomic mass is 9.91. The molecule has 0 aromatic carbocycles. The van der Waals surface area contributed by atoms with Gasteiger partial charge in [-0.2, -0.15) is 0 Å². The van der Waals surface area contributed by atoms with Crippen LogP contribution < -0.4 is 0 Å². The molecular formula is C8H12O2. The number of ether oxygens (including phenoxy) is 1. The third kappa shape index (κ3) is 0.976. The topological polar surface area (TPSA) is 29.5 Å². The molecule has 2 aliphatic rings. The molecule has 56 valence electrons. The maximum Gasteiger partial charge on any atom is 0.155 e. The Morgan fingerprint density at radius 3 is 3.30 bits per heavy atom. The van der Waals surface area contributed by atoms with Gasteiger partial charge in [-0.05, 0) is 18.3 Å². The van der Waals surface area contributed by atoms with Gasteiger partial charge < -0.3 is 9.84 Å². The molecule has 1 heterocycles. The standard InChI is InChI=1S/C8H12O2/c9-8-4-6-2-1-3-7(6)5-10-8/h1-2,6-9H,3-5H2. The number of rotatable bonds is 0. The number of fused-ring (bicyclic) bond motifs is 1. The first-order valence-electron chi connectivity index (χ1n) is 3.82. The number of aliphatic hydroxyl groups excluding tert-OH is 1. The molecule has 2 heteroatoms. The van der Waals surface area contributed by atoms with E-state index in [2.05, 4.69) is 12.2 Å². The Labute approximate surface area is 60.5 Å². The van der Waals surface area contributed by atoms with Gasteiger partial charge in [0.1, 0.15) is 0 Å². The largest absolute Gasteiger partial charge is 0.368 e. The van der Waals surface area contributed by atoms with Gasteiger partial charge >= 0.3 is 0 Å². The zero-order valence-electron chi connectivity index (χ0n) is 5.86. The van der Waals surface area contributed by atoms with Crippen LogP contribution in [0.4, 0.5) is 0 Å².